The number of hydrogen-bond donors (Lipinski definition) is 2. The van der Waals surface area contributed by atoms with Crippen molar-refractivity contribution in [3.63, 3.8) is 0 Å². The van der Waals surface area contributed by atoms with Crippen LogP contribution in [-0.2, 0) is 10.0 Å². The lowest BCUT2D eigenvalue weighted by Gasteiger charge is -2.11. The molecule has 0 bridgehead atoms. The summed E-state index contributed by atoms with van der Waals surface area (Å²) in [5, 5.41) is 5.05. The number of sulfonamides is 1. The number of halogens is 1. The van der Waals surface area contributed by atoms with Crippen LogP contribution in [0, 0.1) is 6.92 Å². The van der Waals surface area contributed by atoms with Crippen molar-refractivity contribution in [2.24, 2.45) is 5.14 Å². The number of rotatable bonds is 3. The van der Waals surface area contributed by atoms with Gasteiger partial charge in [-0.1, -0.05) is 22.0 Å². The second-order valence-electron chi connectivity index (χ2n) is 4.26. The van der Waals surface area contributed by atoms with Crippen LogP contribution >= 0.6 is 15.9 Å². The predicted octanol–water partition coefficient (Wildman–Crippen LogP) is 2.78. The molecular formula is C13H13BrN2O3S. The van der Waals surface area contributed by atoms with Crippen molar-refractivity contribution in [3.8, 4) is 11.5 Å². The minimum absolute atomic E-state index is 0.0534. The summed E-state index contributed by atoms with van der Waals surface area (Å²) in [7, 11) is -3.83. The summed E-state index contributed by atoms with van der Waals surface area (Å²) in [5.74, 6) is 1.10. The summed E-state index contributed by atoms with van der Waals surface area (Å²) >= 11 is 3.36. The zero-order chi connectivity index (χ0) is 14.9. The van der Waals surface area contributed by atoms with Crippen LogP contribution in [0.2, 0.25) is 0 Å². The summed E-state index contributed by atoms with van der Waals surface area (Å²) in [4.78, 5) is -0.115. The van der Waals surface area contributed by atoms with Crippen molar-refractivity contribution < 1.29 is 13.2 Å². The predicted molar refractivity (Wildman–Crippen MR) is 81.2 cm³/mol. The highest BCUT2D eigenvalue weighted by Crippen LogP contribution is 2.30. The van der Waals surface area contributed by atoms with Crippen LogP contribution in [0.3, 0.4) is 0 Å². The van der Waals surface area contributed by atoms with E-state index in [0.717, 1.165) is 10.0 Å². The third kappa shape index (κ3) is 3.30. The third-order valence-corrected chi connectivity index (χ3v) is 4.14. The maximum absolute atomic E-state index is 11.3. The first kappa shape index (κ1) is 14.8. The standard InChI is InChI=1S/C13H13BrN2O3S/c1-8-2-3-9(14)6-12(8)19-10-4-5-13(11(15)7-10)20(16,17)18/h2-7H,15H2,1H3,(H2,16,17,18). The maximum Gasteiger partial charge on any atom is 0.240 e. The van der Waals surface area contributed by atoms with E-state index in [4.69, 9.17) is 15.6 Å². The molecule has 7 heteroatoms. The van der Waals surface area contributed by atoms with E-state index in [1.165, 1.54) is 18.2 Å². The van der Waals surface area contributed by atoms with E-state index in [2.05, 4.69) is 15.9 Å². The van der Waals surface area contributed by atoms with Crippen molar-refractivity contribution in [3.05, 3.63) is 46.4 Å². The Morgan fingerprint density at radius 3 is 2.45 bits per heavy atom. The number of aryl methyl sites for hydroxylation is 1. The van der Waals surface area contributed by atoms with Crippen molar-refractivity contribution in [1.82, 2.24) is 0 Å². The molecule has 2 rings (SSSR count). The van der Waals surface area contributed by atoms with Crippen molar-refractivity contribution in [1.29, 1.82) is 0 Å². The molecule has 0 heterocycles. The molecule has 0 spiro atoms. The molecule has 2 aromatic carbocycles. The summed E-state index contributed by atoms with van der Waals surface area (Å²) in [5.41, 5.74) is 6.68. The molecule has 4 N–H and O–H groups in total. The minimum atomic E-state index is -3.83. The van der Waals surface area contributed by atoms with Gasteiger partial charge in [0.15, 0.2) is 0 Å². The lowest BCUT2D eigenvalue weighted by molar-refractivity contribution is 0.478. The van der Waals surface area contributed by atoms with Crippen molar-refractivity contribution in [2.45, 2.75) is 11.8 Å². The molecule has 0 aromatic heterocycles. The quantitative estimate of drug-likeness (QED) is 0.826. The van der Waals surface area contributed by atoms with Gasteiger partial charge in [-0.3, -0.25) is 0 Å². The van der Waals surface area contributed by atoms with Gasteiger partial charge in [-0.05, 0) is 36.8 Å². The Bertz CT molecular complexity index is 760. The van der Waals surface area contributed by atoms with E-state index in [-0.39, 0.29) is 10.6 Å². The molecule has 0 aliphatic carbocycles. The molecule has 0 saturated heterocycles. The average molecular weight is 357 g/mol. The largest absolute Gasteiger partial charge is 0.457 e. The molecule has 20 heavy (non-hydrogen) atoms. The molecule has 0 aliphatic rings. The summed E-state index contributed by atoms with van der Waals surface area (Å²) in [6.45, 7) is 1.91. The molecule has 106 valence electrons. The van der Waals surface area contributed by atoms with Gasteiger partial charge in [-0.2, -0.15) is 0 Å². The van der Waals surface area contributed by atoms with Gasteiger partial charge in [-0.15, -0.1) is 0 Å². The van der Waals surface area contributed by atoms with E-state index in [1.54, 1.807) is 0 Å². The fourth-order valence-electron chi connectivity index (χ4n) is 1.66. The molecule has 0 fully saturated rings. The molecule has 5 nitrogen and oxygen atoms in total. The van der Waals surface area contributed by atoms with Crippen LogP contribution < -0.4 is 15.6 Å². The first-order valence-electron chi connectivity index (χ1n) is 5.64. The van der Waals surface area contributed by atoms with E-state index in [1.807, 2.05) is 25.1 Å². The highest BCUT2D eigenvalue weighted by Gasteiger charge is 2.13. The van der Waals surface area contributed by atoms with Crippen LogP contribution in [0.1, 0.15) is 5.56 Å². The van der Waals surface area contributed by atoms with E-state index < -0.39 is 10.0 Å². The third-order valence-electron chi connectivity index (χ3n) is 2.67. The normalized spacial score (nSPS) is 11.3. The van der Waals surface area contributed by atoms with E-state index in [0.29, 0.717) is 11.5 Å². The fourth-order valence-corrected chi connectivity index (χ4v) is 2.65. The van der Waals surface area contributed by atoms with Gasteiger partial charge in [-0.25, -0.2) is 13.6 Å². The first-order valence-corrected chi connectivity index (χ1v) is 7.97. The SMILES string of the molecule is Cc1ccc(Br)cc1Oc1ccc(S(N)(=O)=O)c(N)c1. The average Bonchev–Trinajstić information content (AvgIpc) is 2.32. The van der Waals surface area contributed by atoms with Gasteiger partial charge in [0.25, 0.3) is 0 Å². The van der Waals surface area contributed by atoms with Crippen LogP contribution in [0.25, 0.3) is 0 Å². The van der Waals surface area contributed by atoms with Gasteiger partial charge in [0, 0.05) is 10.5 Å². The summed E-state index contributed by atoms with van der Waals surface area (Å²) in [6, 6.07) is 9.89. The van der Waals surface area contributed by atoms with Crippen LogP contribution in [0.5, 0.6) is 11.5 Å². The maximum atomic E-state index is 11.3. The monoisotopic (exact) mass is 356 g/mol. The van der Waals surface area contributed by atoms with E-state index in [9.17, 15) is 8.42 Å². The fraction of sp³-hybridized carbons (Fsp3) is 0.0769. The molecule has 0 unspecified atom stereocenters. The zero-order valence-electron chi connectivity index (χ0n) is 10.6. The van der Waals surface area contributed by atoms with E-state index >= 15 is 0 Å². The van der Waals surface area contributed by atoms with Crippen LogP contribution in [-0.4, -0.2) is 8.42 Å². The number of hydrogen-bond acceptors (Lipinski definition) is 4. The number of benzene rings is 2. The molecule has 0 aliphatic heterocycles. The first-order chi connectivity index (χ1) is 9.27. The van der Waals surface area contributed by atoms with Gasteiger partial charge in [0.2, 0.25) is 10.0 Å². The topological polar surface area (TPSA) is 95.4 Å². The Kier molecular flexibility index (Phi) is 4.03. The molecule has 0 radical (unpaired) electrons. The number of anilines is 1. The number of nitrogens with two attached hydrogens (primary N) is 2. The summed E-state index contributed by atoms with van der Waals surface area (Å²) in [6.07, 6.45) is 0. The molecule has 0 amide bonds. The molecule has 0 saturated carbocycles. The molecule has 2 aromatic rings. The Balaban J connectivity index is 2.36. The molecule has 0 atom stereocenters. The Morgan fingerprint density at radius 2 is 1.85 bits per heavy atom. The van der Waals surface area contributed by atoms with Crippen LogP contribution in [0.4, 0.5) is 5.69 Å². The van der Waals surface area contributed by atoms with Crippen molar-refractivity contribution in [2.75, 3.05) is 5.73 Å². The van der Waals surface area contributed by atoms with Crippen LogP contribution in [0.15, 0.2) is 45.8 Å². The Hall–Kier alpha value is -1.57. The second-order valence-corrected chi connectivity index (χ2v) is 6.70. The highest BCUT2D eigenvalue weighted by molar-refractivity contribution is 9.10. The number of nitrogen functional groups attached to an aromatic ring is 1. The van der Waals surface area contributed by atoms with Gasteiger partial charge >= 0.3 is 0 Å². The van der Waals surface area contributed by atoms with Gasteiger partial charge in [0.1, 0.15) is 16.4 Å². The lowest BCUT2D eigenvalue weighted by atomic mass is 10.2. The second kappa shape index (κ2) is 5.43. The van der Waals surface area contributed by atoms with Gasteiger partial charge < -0.3 is 10.5 Å². The summed E-state index contributed by atoms with van der Waals surface area (Å²) < 4.78 is 29.1. The Labute approximate surface area is 125 Å². The highest BCUT2D eigenvalue weighted by atomic mass is 79.9. The zero-order valence-corrected chi connectivity index (χ0v) is 13.0. The van der Waals surface area contributed by atoms with Gasteiger partial charge in [0.05, 0.1) is 5.69 Å². The minimum Gasteiger partial charge on any atom is -0.457 e. The number of primary sulfonamides is 1. The smallest absolute Gasteiger partial charge is 0.240 e. The number of ether oxygens (including phenoxy) is 1. The lowest BCUT2D eigenvalue weighted by Crippen LogP contribution is -2.14. The Morgan fingerprint density at radius 1 is 1.15 bits per heavy atom. The van der Waals surface area contributed by atoms with Crippen molar-refractivity contribution >= 4 is 31.6 Å². The molecular weight excluding hydrogens is 344 g/mol.